The lowest BCUT2D eigenvalue weighted by molar-refractivity contribution is -0.274. The van der Waals surface area contributed by atoms with Gasteiger partial charge in [0.25, 0.3) is 0 Å². The van der Waals surface area contributed by atoms with Crippen LogP contribution in [0.15, 0.2) is 48.0 Å². The fraction of sp³-hybridized carbons (Fsp3) is 0.176. The third-order valence-corrected chi connectivity index (χ3v) is 3.85. The molecule has 3 rings (SSSR count). The van der Waals surface area contributed by atoms with Crippen LogP contribution in [-0.4, -0.2) is 6.36 Å². The minimum Gasteiger partial charge on any atom is -0.406 e. The second-order valence-electron chi connectivity index (χ2n) is 5.21. The monoisotopic (exact) mass is 324 g/mol. The first-order chi connectivity index (χ1) is 10.3. The van der Waals surface area contributed by atoms with Crippen molar-refractivity contribution < 1.29 is 17.9 Å². The number of hydrogen-bond acceptors (Lipinski definition) is 1. The molecule has 0 atom stereocenters. The van der Waals surface area contributed by atoms with Crippen molar-refractivity contribution in [3.8, 4) is 5.75 Å². The SMILES string of the molecule is CC1=C(c2ccc(Cl)cc2)c2cc(OC(F)(F)F)ccc2C1. The standard InChI is InChI=1S/C17H12ClF3O/c1-10-8-12-4-7-14(22-17(19,20)21)9-15(12)16(10)11-2-5-13(18)6-3-11/h2-7,9H,8H2,1H3. The van der Waals surface area contributed by atoms with Crippen LogP contribution in [0.25, 0.3) is 5.57 Å². The number of ether oxygens (including phenoxy) is 1. The number of halogens is 4. The Hall–Kier alpha value is -1.94. The molecule has 0 saturated carbocycles. The second kappa shape index (κ2) is 5.36. The Morgan fingerprint density at radius 2 is 1.73 bits per heavy atom. The number of benzene rings is 2. The van der Waals surface area contributed by atoms with Crippen LogP contribution in [0.5, 0.6) is 5.75 Å². The molecule has 0 aliphatic heterocycles. The van der Waals surface area contributed by atoms with Crippen molar-refractivity contribution in [2.45, 2.75) is 19.7 Å². The van der Waals surface area contributed by atoms with Crippen molar-refractivity contribution in [3.05, 3.63) is 69.8 Å². The van der Waals surface area contributed by atoms with Gasteiger partial charge < -0.3 is 4.74 Å². The Balaban J connectivity index is 2.03. The van der Waals surface area contributed by atoms with E-state index in [0.717, 1.165) is 34.3 Å². The topological polar surface area (TPSA) is 9.23 Å². The predicted molar refractivity (Wildman–Crippen MR) is 80.0 cm³/mol. The molecule has 0 bridgehead atoms. The summed E-state index contributed by atoms with van der Waals surface area (Å²) in [6.45, 7) is 1.98. The summed E-state index contributed by atoms with van der Waals surface area (Å²) in [5, 5.41) is 0.620. The van der Waals surface area contributed by atoms with E-state index >= 15 is 0 Å². The molecular weight excluding hydrogens is 313 g/mol. The number of alkyl halides is 3. The first-order valence-corrected chi connectivity index (χ1v) is 7.06. The van der Waals surface area contributed by atoms with E-state index in [2.05, 4.69) is 4.74 Å². The Labute approximate surface area is 131 Å². The molecule has 0 aromatic heterocycles. The molecule has 0 saturated heterocycles. The van der Waals surface area contributed by atoms with E-state index in [1.807, 2.05) is 19.1 Å². The first-order valence-electron chi connectivity index (χ1n) is 6.68. The Morgan fingerprint density at radius 3 is 2.36 bits per heavy atom. The predicted octanol–water partition coefficient (Wildman–Crippen LogP) is 5.62. The Morgan fingerprint density at radius 1 is 1.05 bits per heavy atom. The zero-order valence-electron chi connectivity index (χ0n) is 11.7. The Kier molecular flexibility index (Phi) is 3.65. The van der Waals surface area contributed by atoms with Gasteiger partial charge in [-0.3, -0.25) is 0 Å². The molecule has 0 unspecified atom stereocenters. The normalized spacial score (nSPS) is 14.2. The van der Waals surface area contributed by atoms with Crippen LogP contribution in [0.2, 0.25) is 5.02 Å². The van der Waals surface area contributed by atoms with Crippen molar-refractivity contribution >= 4 is 17.2 Å². The summed E-state index contributed by atoms with van der Waals surface area (Å²) in [4.78, 5) is 0. The largest absolute Gasteiger partial charge is 0.573 e. The van der Waals surface area contributed by atoms with Crippen LogP contribution in [0.1, 0.15) is 23.6 Å². The zero-order valence-corrected chi connectivity index (χ0v) is 12.4. The first kappa shape index (κ1) is 15.0. The number of allylic oxidation sites excluding steroid dienone is 1. The van der Waals surface area contributed by atoms with Crippen molar-refractivity contribution in [3.63, 3.8) is 0 Å². The van der Waals surface area contributed by atoms with Crippen LogP contribution in [0, 0.1) is 0 Å². The van der Waals surface area contributed by atoms with Gasteiger partial charge in [0.15, 0.2) is 0 Å². The molecule has 2 aromatic carbocycles. The fourth-order valence-corrected chi connectivity index (χ4v) is 2.89. The molecule has 22 heavy (non-hydrogen) atoms. The van der Waals surface area contributed by atoms with Crippen LogP contribution >= 0.6 is 11.6 Å². The van der Waals surface area contributed by atoms with Crippen molar-refractivity contribution in [1.29, 1.82) is 0 Å². The van der Waals surface area contributed by atoms with Gasteiger partial charge in [0, 0.05) is 5.02 Å². The molecule has 1 aliphatic carbocycles. The van der Waals surface area contributed by atoms with E-state index in [4.69, 9.17) is 11.6 Å². The highest BCUT2D eigenvalue weighted by atomic mass is 35.5. The maximum atomic E-state index is 12.4. The third-order valence-electron chi connectivity index (χ3n) is 3.60. The van der Waals surface area contributed by atoms with Crippen LogP contribution < -0.4 is 4.74 Å². The summed E-state index contributed by atoms with van der Waals surface area (Å²) in [7, 11) is 0. The molecule has 1 aliphatic rings. The highest BCUT2D eigenvalue weighted by Crippen LogP contribution is 2.40. The van der Waals surface area contributed by atoms with Gasteiger partial charge >= 0.3 is 6.36 Å². The second-order valence-corrected chi connectivity index (χ2v) is 5.64. The highest BCUT2D eigenvalue weighted by Gasteiger charge is 2.32. The summed E-state index contributed by atoms with van der Waals surface area (Å²) in [6, 6.07) is 11.8. The van der Waals surface area contributed by atoms with Gasteiger partial charge in [-0.15, -0.1) is 13.2 Å². The molecule has 0 amide bonds. The lowest BCUT2D eigenvalue weighted by Gasteiger charge is -2.12. The average molecular weight is 325 g/mol. The maximum Gasteiger partial charge on any atom is 0.573 e. The quantitative estimate of drug-likeness (QED) is 0.697. The maximum absolute atomic E-state index is 12.4. The molecule has 0 heterocycles. The zero-order chi connectivity index (χ0) is 15.9. The smallest absolute Gasteiger partial charge is 0.406 e. The van der Waals surface area contributed by atoms with E-state index in [9.17, 15) is 13.2 Å². The summed E-state index contributed by atoms with van der Waals surface area (Å²) in [6.07, 6.45) is -3.97. The molecule has 0 spiro atoms. The van der Waals surface area contributed by atoms with E-state index in [0.29, 0.717) is 5.02 Å². The number of rotatable bonds is 2. The van der Waals surface area contributed by atoms with E-state index in [1.165, 1.54) is 12.1 Å². The van der Waals surface area contributed by atoms with E-state index < -0.39 is 6.36 Å². The Bertz CT molecular complexity index is 745. The molecular formula is C17H12ClF3O. The van der Waals surface area contributed by atoms with Gasteiger partial charge in [0.2, 0.25) is 0 Å². The van der Waals surface area contributed by atoms with Crippen LogP contribution in [-0.2, 0) is 6.42 Å². The highest BCUT2D eigenvalue weighted by molar-refractivity contribution is 6.30. The van der Waals surface area contributed by atoms with Gasteiger partial charge in [0.05, 0.1) is 0 Å². The van der Waals surface area contributed by atoms with Crippen molar-refractivity contribution in [2.75, 3.05) is 0 Å². The number of fused-ring (bicyclic) bond motifs is 1. The summed E-state index contributed by atoms with van der Waals surface area (Å²) in [5.74, 6) is -0.201. The molecule has 0 N–H and O–H groups in total. The third kappa shape index (κ3) is 2.97. The fourth-order valence-electron chi connectivity index (χ4n) is 2.76. The molecule has 1 nitrogen and oxygen atoms in total. The van der Waals surface area contributed by atoms with Crippen molar-refractivity contribution in [2.24, 2.45) is 0 Å². The summed E-state index contributed by atoms with van der Waals surface area (Å²) < 4.78 is 41.2. The lowest BCUT2D eigenvalue weighted by Crippen LogP contribution is -2.17. The molecule has 0 radical (unpaired) electrons. The van der Waals surface area contributed by atoms with E-state index in [1.54, 1.807) is 18.2 Å². The van der Waals surface area contributed by atoms with Crippen molar-refractivity contribution in [1.82, 2.24) is 0 Å². The summed E-state index contributed by atoms with van der Waals surface area (Å²) in [5.41, 5.74) is 4.77. The summed E-state index contributed by atoms with van der Waals surface area (Å²) >= 11 is 5.89. The minimum atomic E-state index is -4.69. The molecule has 5 heteroatoms. The lowest BCUT2D eigenvalue weighted by atomic mass is 9.98. The molecule has 0 fully saturated rings. The molecule has 2 aromatic rings. The average Bonchev–Trinajstić information content (AvgIpc) is 2.74. The van der Waals surface area contributed by atoms with Gasteiger partial charge in [-0.25, -0.2) is 0 Å². The minimum absolute atomic E-state index is 0.201. The molecule has 114 valence electrons. The van der Waals surface area contributed by atoms with Gasteiger partial charge in [-0.1, -0.05) is 35.4 Å². The van der Waals surface area contributed by atoms with Gasteiger partial charge in [-0.05, 0) is 59.9 Å². The van der Waals surface area contributed by atoms with Crippen LogP contribution in [0.3, 0.4) is 0 Å². The van der Waals surface area contributed by atoms with Gasteiger partial charge in [0.1, 0.15) is 5.75 Å². The number of hydrogen-bond donors (Lipinski definition) is 0. The van der Waals surface area contributed by atoms with E-state index in [-0.39, 0.29) is 5.75 Å². The van der Waals surface area contributed by atoms with Gasteiger partial charge in [-0.2, -0.15) is 0 Å². The van der Waals surface area contributed by atoms with Crippen LogP contribution in [0.4, 0.5) is 13.2 Å².